The van der Waals surface area contributed by atoms with Crippen molar-refractivity contribution < 1.29 is 4.39 Å². The Bertz CT molecular complexity index is 861. The summed E-state index contributed by atoms with van der Waals surface area (Å²) in [5.41, 5.74) is 2.28. The number of benzene rings is 1. The molecular weight excluding hydrogens is 307 g/mol. The first-order valence-electron chi connectivity index (χ1n) is 8.08. The fourth-order valence-electron chi connectivity index (χ4n) is 3.16. The summed E-state index contributed by atoms with van der Waals surface area (Å²) in [6.07, 6.45) is 4.53. The van der Waals surface area contributed by atoms with Crippen LogP contribution in [0.25, 0.3) is 11.2 Å². The van der Waals surface area contributed by atoms with Gasteiger partial charge in [-0.1, -0.05) is 12.1 Å². The molecule has 4 rings (SSSR count). The lowest BCUT2D eigenvalue weighted by Crippen LogP contribution is -2.23. The van der Waals surface area contributed by atoms with Gasteiger partial charge in [0.25, 0.3) is 0 Å². The molecule has 3 aromatic rings. The summed E-state index contributed by atoms with van der Waals surface area (Å²) in [5.74, 6) is 0.869. The van der Waals surface area contributed by atoms with Crippen LogP contribution in [0, 0.1) is 11.7 Å². The van der Waals surface area contributed by atoms with E-state index >= 15 is 0 Å². The SMILES string of the molecule is Cn1cnc2nc(NCC3CCN(c4ccccc4F)C3)ncc21. The number of hydrogen-bond acceptors (Lipinski definition) is 5. The summed E-state index contributed by atoms with van der Waals surface area (Å²) in [6, 6.07) is 6.94. The van der Waals surface area contributed by atoms with Gasteiger partial charge in [0.2, 0.25) is 5.95 Å². The van der Waals surface area contributed by atoms with E-state index in [1.54, 1.807) is 18.6 Å². The Kier molecular flexibility index (Phi) is 3.76. The standard InChI is InChI=1S/C17H19FN6/c1-23-11-21-16-15(23)9-20-17(22-16)19-8-12-6-7-24(10-12)14-5-3-2-4-13(14)18/h2-5,9,11-12H,6-8,10H2,1H3,(H,19,20,22). The molecule has 24 heavy (non-hydrogen) atoms. The number of hydrogen-bond donors (Lipinski definition) is 1. The average Bonchev–Trinajstić information content (AvgIpc) is 3.21. The van der Waals surface area contributed by atoms with Crippen LogP contribution < -0.4 is 10.2 Å². The molecule has 3 heterocycles. The lowest BCUT2D eigenvalue weighted by molar-refractivity contribution is 0.609. The van der Waals surface area contributed by atoms with E-state index < -0.39 is 0 Å². The second-order valence-electron chi connectivity index (χ2n) is 6.19. The molecule has 1 N–H and O–H groups in total. The summed E-state index contributed by atoms with van der Waals surface area (Å²) < 4.78 is 15.8. The molecule has 1 atom stereocenters. The minimum absolute atomic E-state index is 0.157. The van der Waals surface area contributed by atoms with E-state index in [9.17, 15) is 4.39 Å². The van der Waals surface area contributed by atoms with Gasteiger partial charge in [0.15, 0.2) is 5.65 Å². The first-order valence-corrected chi connectivity index (χ1v) is 8.08. The molecule has 124 valence electrons. The molecule has 1 aliphatic heterocycles. The van der Waals surface area contributed by atoms with E-state index in [1.165, 1.54) is 6.07 Å². The lowest BCUT2D eigenvalue weighted by atomic mass is 10.1. The van der Waals surface area contributed by atoms with Gasteiger partial charge in [0.05, 0.1) is 18.2 Å². The Hall–Kier alpha value is -2.70. The Morgan fingerprint density at radius 2 is 2.17 bits per heavy atom. The molecule has 0 aliphatic carbocycles. The second-order valence-corrected chi connectivity index (χ2v) is 6.19. The number of nitrogens with one attached hydrogen (secondary N) is 1. The van der Waals surface area contributed by atoms with Crippen molar-refractivity contribution in [3.05, 3.63) is 42.6 Å². The molecule has 0 radical (unpaired) electrons. The Morgan fingerprint density at radius 1 is 1.29 bits per heavy atom. The molecule has 1 aromatic carbocycles. The fourth-order valence-corrected chi connectivity index (χ4v) is 3.16. The highest BCUT2D eigenvalue weighted by atomic mass is 19.1. The summed E-state index contributed by atoms with van der Waals surface area (Å²) in [6.45, 7) is 2.47. The van der Waals surface area contributed by atoms with Crippen molar-refractivity contribution in [3.63, 3.8) is 0 Å². The fraction of sp³-hybridized carbons (Fsp3) is 0.353. The third kappa shape index (κ3) is 2.77. The van der Waals surface area contributed by atoms with Crippen molar-refractivity contribution in [2.75, 3.05) is 29.9 Å². The third-order valence-electron chi connectivity index (χ3n) is 4.51. The largest absolute Gasteiger partial charge is 0.369 e. The summed E-state index contributed by atoms with van der Waals surface area (Å²) in [5, 5.41) is 3.28. The maximum atomic E-state index is 13.9. The highest BCUT2D eigenvalue weighted by molar-refractivity contribution is 5.70. The highest BCUT2D eigenvalue weighted by Crippen LogP contribution is 2.26. The van der Waals surface area contributed by atoms with Crippen molar-refractivity contribution >= 4 is 22.8 Å². The number of anilines is 2. The van der Waals surface area contributed by atoms with E-state index in [1.807, 2.05) is 23.7 Å². The molecule has 0 amide bonds. The normalized spacial score (nSPS) is 17.6. The molecule has 0 saturated carbocycles. The predicted octanol–water partition coefficient (Wildman–Crippen LogP) is 2.44. The Morgan fingerprint density at radius 3 is 3.04 bits per heavy atom. The number of nitrogens with zero attached hydrogens (tertiary/aromatic N) is 5. The van der Waals surface area contributed by atoms with Gasteiger partial charge in [-0.25, -0.2) is 14.4 Å². The van der Waals surface area contributed by atoms with Crippen LogP contribution in [-0.4, -0.2) is 39.2 Å². The maximum absolute atomic E-state index is 13.9. The molecule has 1 aliphatic rings. The van der Waals surface area contributed by atoms with Gasteiger partial charge < -0.3 is 14.8 Å². The third-order valence-corrected chi connectivity index (χ3v) is 4.51. The van der Waals surface area contributed by atoms with Gasteiger partial charge in [-0.05, 0) is 24.5 Å². The van der Waals surface area contributed by atoms with Gasteiger partial charge in [0, 0.05) is 26.7 Å². The smallest absolute Gasteiger partial charge is 0.224 e. The zero-order valence-electron chi connectivity index (χ0n) is 13.5. The quantitative estimate of drug-likeness (QED) is 0.798. The number of aromatic nitrogens is 4. The van der Waals surface area contributed by atoms with Crippen LogP contribution in [0.4, 0.5) is 16.0 Å². The van der Waals surface area contributed by atoms with E-state index in [0.717, 1.165) is 31.6 Å². The van der Waals surface area contributed by atoms with Gasteiger partial charge in [0.1, 0.15) is 11.3 Å². The number of para-hydroxylation sites is 1. The molecule has 1 saturated heterocycles. The van der Waals surface area contributed by atoms with Gasteiger partial charge in [-0.3, -0.25) is 0 Å². The molecule has 0 spiro atoms. The summed E-state index contributed by atoms with van der Waals surface area (Å²) in [4.78, 5) is 15.1. The molecule has 0 bridgehead atoms. The molecular formula is C17H19FN6. The second kappa shape index (κ2) is 6.07. The van der Waals surface area contributed by atoms with E-state index in [4.69, 9.17) is 0 Å². The van der Waals surface area contributed by atoms with Crippen molar-refractivity contribution in [2.24, 2.45) is 13.0 Å². The summed E-state index contributed by atoms with van der Waals surface area (Å²) >= 11 is 0. The number of aryl methyl sites for hydroxylation is 1. The molecule has 6 nitrogen and oxygen atoms in total. The van der Waals surface area contributed by atoms with Crippen LogP contribution in [0.2, 0.25) is 0 Å². The van der Waals surface area contributed by atoms with Crippen LogP contribution in [0.5, 0.6) is 0 Å². The molecule has 1 fully saturated rings. The average molecular weight is 326 g/mol. The van der Waals surface area contributed by atoms with Gasteiger partial charge in [-0.2, -0.15) is 4.98 Å². The van der Waals surface area contributed by atoms with Crippen molar-refractivity contribution in [3.8, 4) is 0 Å². The zero-order chi connectivity index (χ0) is 16.5. The lowest BCUT2D eigenvalue weighted by Gasteiger charge is -2.19. The van der Waals surface area contributed by atoms with Crippen molar-refractivity contribution in [1.82, 2.24) is 19.5 Å². The van der Waals surface area contributed by atoms with Crippen LogP contribution in [0.1, 0.15) is 6.42 Å². The molecule has 1 unspecified atom stereocenters. The Balaban J connectivity index is 1.39. The Labute approximate surface area is 139 Å². The monoisotopic (exact) mass is 326 g/mol. The topological polar surface area (TPSA) is 58.9 Å². The van der Waals surface area contributed by atoms with Crippen LogP contribution in [-0.2, 0) is 7.05 Å². The zero-order valence-corrected chi connectivity index (χ0v) is 13.5. The number of rotatable bonds is 4. The number of fused-ring (bicyclic) bond motifs is 1. The minimum Gasteiger partial charge on any atom is -0.369 e. The minimum atomic E-state index is -0.157. The van der Waals surface area contributed by atoms with Gasteiger partial charge in [-0.15, -0.1) is 0 Å². The summed E-state index contributed by atoms with van der Waals surface area (Å²) in [7, 11) is 1.92. The first-order chi connectivity index (χ1) is 11.7. The van der Waals surface area contributed by atoms with Crippen LogP contribution in [0.3, 0.4) is 0 Å². The van der Waals surface area contributed by atoms with E-state index in [0.29, 0.717) is 23.2 Å². The van der Waals surface area contributed by atoms with Crippen LogP contribution in [0.15, 0.2) is 36.8 Å². The maximum Gasteiger partial charge on any atom is 0.224 e. The predicted molar refractivity (Wildman–Crippen MR) is 91.5 cm³/mol. The first kappa shape index (κ1) is 14.9. The molecule has 7 heteroatoms. The van der Waals surface area contributed by atoms with Crippen molar-refractivity contribution in [1.29, 1.82) is 0 Å². The van der Waals surface area contributed by atoms with Gasteiger partial charge >= 0.3 is 0 Å². The van der Waals surface area contributed by atoms with E-state index in [-0.39, 0.29) is 5.82 Å². The van der Waals surface area contributed by atoms with E-state index in [2.05, 4.69) is 25.2 Å². The van der Waals surface area contributed by atoms with Crippen molar-refractivity contribution in [2.45, 2.75) is 6.42 Å². The number of imidazole rings is 1. The van der Waals surface area contributed by atoms with Crippen LogP contribution >= 0.6 is 0 Å². The number of halogens is 1. The highest BCUT2D eigenvalue weighted by Gasteiger charge is 2.24. The molecule has 2 aromatic heterocycles.